The van der Waals surface area contributed by atoms with Gasteiger partial charge in [0.15, 0.2) is 0 Å². The lowest BCUT2D eigenvalue weighted by molar-refractivity contribution is 0.271. The molecule has 0 aliphatic rings. The van der Waals surface area contributed by atoms with Crippen LogP contribution in [0.1, 0.15) is 30.9 Å². The van der Waals surface area contributed by atoms with Gasteiger partial charge in [0, 0.05) is 12.1 Å². The fourth-order valence-corrected chi connectivity index (χ4v) is 2.37. The summed E-state index contributed by atoms with van der Waals surface area (Å²) in [4.78, 5) is 4.47. The Kier molecular flexibility index (Phi) is 7.18. The molecule has 0 unspecified atom stereocenters. The molecule has 0 amide bonds. The van der Waals surface area contributed by atoms with Crippen LogP contribution in [-0.4, -0.2) is 16.7 Å². The van der Waals surface area contributed by atoms with Gasteiger partial charge in [0.25, 0.3) is 0 Å². The van der Waals surface area contributed by atoms with E-state index in [1.807, 2.05) is 48.5 Å². The molecule has 0 bridgehead atoms. The fraction of sp³-hybridized carbons (Fsp3) is 0.300. The molecule has 0 saturated heterocycles. The lowest BCUT2D eigenvalue weighted by Crippen LogP contribution is -2.04. The van der Waals surface area contributed by atoms with Gasteiger partial charge in [-0.2, -0.15) is 4.98 Å². The summed E-state index contributed by atoms with van der Waals surface area (Å²) in [5.74, 6) is 2.57. The van der Waals surface area contributed by atoms with Gasteiger partial charge in [-0.1, -0.05) is 55.4 Å². The minimum Gasteiger partial charge on any atom is -0.493 e. The second kappa shape index (κ2) is 9.36. The maximum atomic E-state index is 5.69. The van der Waals surface area contributed by atoms with E-state index in [0.29, 0.717) is 30.6 Å². The second-order valence-electron chi connectivity index (χ2n) is 6.44. The number of ether oxygens (including phenoxy) is 1. The minimum atomic E-state index is 0. The molecule has 0 radical (unpaired) electrons. The Balaban J connectivity index is 0.00000243. The molecular weight excluding hydrogens is 350 g/mol. The van der Waals surface area contributed by atoms with Gasteiger partial charge >= 0.3 is 0 Å². The van der Waals surface area contributed by atoms with Gasteiger partial charge in [0.05, 0.1) is 13.0 Å². The maximum absolute atomic E-state index is 5.69. The average Bonchev–Trinajstić information content (AvgIpc) is 3.09. The van der Waals surface area contributed by atoms with Crippen LogP contribution < -0.4 is 10.5 Å². The standard InChI is InChI=1S/C20H23N3O2.ClH/c1-14(2)13-24-18-9-5-15(6-10-18)11-19-22-20(23-25-19)17-7-3-16(12-21)4-8-17;/h3-10,14H,11-13,21H2,1-2H3;1H. The zero-order chi connectivity index (χ0) is 17.6. The Bertz CT molecular complexity index is 799. The van der Waals surface area contributed by atoms with Gasteiger partial charge in [0.2, 0.25) is 11.7 Å². The third kappa shape index (κ3) is 5.31. The molecule has 0 fully saturated rings. The van der Waals surface area contributed by atoms with Gasteiger partial charge in [-0.05, 0) is 29.2 Å². The maximum Gasteiger partial charge on any atom is 0.231 e. The van der Waals surface area contributed by atoms with E-state index in [2.05, 4.69) is 24.0 Å². The predicted octanol–water partition coefficient (Wildman–Crippen LogP) is 4.24. The summed E-state index contributed by atoms with van der Waals surface area (Å²) in [5, 5.41) is 4.06. The molecule has 1 heterocycles. The van der Waals surface area contributed by atoms with E-state index in [1.165, 1.54) is 0 Å². The molecule has 26 heavy (non-hydrogen) atoms. The van der Waals surface area contributed by atoms with Crippen LogP contribution in [0.2, 0.25) is 0 Å². The largest absolute Gasteiger partial charge is 0.493 e. The van der Waals surface area contributed by atoms with Gasteiger partial charge in [0.1, 0.15) is 5.75 Å². The van der Waals surface area contributed by atoms with Crippen LogP contribution in [0.5, 0.6) is 5.75 Å². The van der Waals surface area contributed by atoms with Crippen LogP contribution in [0.3, 0.4) is 0 Å². The normalized spacial score (nSPS) is 10.6. The van der Waals surface area contributed by atoms with Crippen molar-refractivity contribution in [2.24, 2.45) is 11.7 Å². The zero-order valence-electron chi connectivity index (χ0n) is 15.0. The van der Waals surface area contributed by atoms with Crippen LogP contribution in [0, 0.1) is 5.92 Å². The van der Waals surface area contributed by atoms with Crippen molar-refractivity contribution >= 4 is 12.4 Å². The number of nitrogens with zero attached hydrogens (tertiary/aromatic N) is 2. The first-order chi connectivity index (χ1) is 12.1. The predicted molar refractivity (Wildman–Crippen MR) is 104 cm³/mol. The van der Waals surface area contributed by atoms with Crippen LogP contribution in [0.4, 0.5) is 0 Å². The van der Waals surface area contributed by atoms with E-state index >= 15 is 0 Å². The molecule has 2 aromatic carbocycles. The summed E-state index contributed by atoms with van der Waals surface area (Å²) in [7, 11) is 0. The van der Waals surface area contributed by atoms with Crippen molar-refractivity contribution in [3.8, 4) is 17.1 Å². The Morgan fingerprint density at radius 3 is 2.27 bits per heavy atom. The third-order valence-corrected chi connectivity index (χ3v) is 3.78. The number of halogens is 1. The molecule has 6 heteroatoms. The third-order valence-electron chi connectivity index (χ3n) is 3.78. The highest BCUT2D eigenvalue weighted by Gasteiger charge is 2.09. The highest BCUT2D eigenvalue weighted by atomic mass is 35.5. The quantitative estimate of drug-likeness (QED) is 0.670. The molecule has 0 atom stereocenters. The van der Waals surface area contributed by atoms with Crippen LogP contribution in [0.15, 0.2) is 53.1 Å². The number of rotatable bonds is 7. The smallest absolute Gasteiger partial charge is 0.231 e. The topological polar surface area (TPSA) is 74.2 Å². The molecule has 0 aliphatic heterocycles. The average molecular weight is 374 g/mol. The molecule has 2 N–H and O–H groups in total. The number of hydrogen-bond donors (Lipinski definition) is 1. The van der Waals surface area contributed by atoms with Gasteiger partial charge in [-0.15, -0.1) is 12.4 Å². The first kappa shape index (κ1) is 19.9. The summed E-state index contributed by atoms with van der Waals surface area (Å²) in [6.07, 6.45) is 0.596. The Morgan fingerprint density at radius 1 is 1.00 bits per heavy atom. The Morgan fingerprint density at radius 2 is 1.65 bits per heavy atom. The zero-order valence-corrected chi connectivity index (χ0v) is 15.8. The van der Waals surface area contributed by atoms with Crippen LogP contribution in [-0.2, 0) is 13.0 Å². The Hall–Kier alpha value is -2.37. The number of benzene rings is 2. The second-order valence-corrected chi connectivity index (χ2v) is 6.44. The minimum absolute atomic E-state index is 0. The molecule has 5 nitrogen and oxygen atoms in total. The van der Waals surface area contributed by atoms with Crippen LogP contribution >= 0.6 is 12.4 Å². The fourth-order valence-electron chi connectivity index (χ4n) is 2.37. The van der Waals surface area contributed by atoms with Crippen molar-refractivity contribution in [1.82, 2.24) is 10.1 Å². The molecule has 138 valence electrons. The molecule has 3 aromatic rings. The molecule has 0 saturated carbocycles. The van der Waals surface area contributed by atoms with E-state index in [4.69, 9.17) is 15.0 Å². The van der Waals surface area contributed by atoms with Crippen molar-refractivity contribution in [2.75, 3.05) is 6.61 Å². The van der Waals surface area contributed by atoms with Gasteiger partial charge < -0.3 is 15.0 Å². The highest BCUT2D eigenvalue weighted by molar-refractivity contribution is 5.85. The summed E-state index contributed by atoms with van der Waals surface area (Å²) >= 11 is 0. The van der Waals surface area contributed by atoms with E-state index < -0.39 is 0 Å². The van der Waals surface area contributed by atoms with Gasteiger partial charge in [-0.3, -0.25) is 0 Å². The SMILES string of the molecule is CC(C)COc1ccc(Cc2nc(-c3ccc(CN)cc3)no2)cc1.Cl. The van der Waals surface area contributed by atoms with E-state index in [9.17, 15) is 0 Å². The number of hydrogen-bond acceptors (Lipinski definition) is 5. The molecule has 3 rings (SSSR count). The molecular formula is C20H24ClN3O2. The van der Waals surface area contributed by atoms with E-state index in [1.54, 1.807) is 0 Å². The van der Waals surface area contributed by atoms with Crippen molar-refractivity contribution < 1.29 is 9.26 Å². The summed E-state index contributed by atoms with van der Waals surface area (Å²) in [6.45, 7) is 5.50. The molecule has 0 aliphatic carbocycles. The monoisotopic (exact) mass is 373 g/mol. The number of aromatic nitrogens is 2. The number of nitrogens with two attached hydrogens (primary N) is 1. The molecule has 1 aromatic heterocycles. The van der Waals surface area contributed by atoms with Gasteiger partial charge in [-0.25, -0.2) is 0 Å². The summed E-state index contributed by atoms with van der Waals surface area (Å²) in [6, 6.07) is 15.9. The first-order valence-corrected chi connectivity index (χ1v) is 8.47. The lowest BCUT2D eigenvalue weighted by Gasteiger charge is -2.08. The van der Waals surface area contributed by atoms with Crippen molar-refractivity contribution in [2.45, 2.75) is 26.8 Å². The van der Waals surface area contributed by atoms with E-state index in [-0.39, 0.29) is 12.4 Å². The lowest BCUT2D eigenvalue weighted by atomic mass is 10.1. The molecule has 0 spiro atoms. The van der Waals surface area contributed by atoms with Crippen molar-refractivity contribution in [3.63, 3.8) is 0 Å². The van der Waals surface area contributed by atoms with Crippen molar-refractivity contribution in [3.05, 3.63) is 65.5 Å². The first-order valence-electron chi connectivity index (χ1n) is 8.47. The summed E-state index contributed by atoms with van der Waals surface area (Å²) < 4.78 is 11.1. The highest BCUT2D eigenvalue weighted by Crippen LogP contribution is 2.19. The van der Waals surface area contributed by atoms with Crippen molar-refractivity contribution in [1.29, 1.82) is 0 Å². The van der Waals surface area contributed by atoms with Crippen LogP contribution in [0.25, 0.3) is 11.4 Å². The van der Waals surface area contributed by atoms with E-state index in [0.717, 1.165) is 29.0 Å². The summed E-state index contributed by atoms with van der Waals surface area (Å²) in [5.41, 5.74) is 8.71. The Labute approximate surface area is 160 Å².